The summed E-state index contributed by atoms with van der Waals surface area (Å²) in [7, 11) is 0. The molecule has 2 rings (SSSR count). The highest BCUT2D eigenvalue weighted by Gasteiger charge is 2.03. The van der Waals surface area contributed by atoms with E-state index < -0.39 is 0 Å². The summed E-state index contributed by atoms with van der Waals surface area (Å²) in [5, 5.41) is 2.97. The lowest BCUT2D eigenvalue weighted by Crippen LogP contribution is -1.99. The average molecular weight is 275 g/mol. The van der Waals surface area contributed by atoms with Gasteiger partial charge < -0.3 is 5.32 Å². The van der Waals surface area contributed by atoms with E-state index in [2.05, 4.69) is 22.9 Å². The van der Waals surface area contributed by atoms with Crippen LogP contribution in [0.5, 0.6) is 0 Å². The van der Waals surface area contributed by atoms with Crippen LogP contribution in [0.25, 0.3) is 0 Å². The first kappa shape index (κ1) is 11.7. The summed E-state index contributed by atoms with van der Waals surface area (Å²) < 4.78 is 13.9. The molecule has 0 aliphatic rings. The molecule has 2 aromatic rings. The van der Waals surface area contributed by atoms with E-state index in [1.807, 2.05) is 0 Å². The Morgan fingerprint density at radius 1 is 1.50 bits per heavy atom. The van der Waals surface area contributed by atoms with Crippen LogP contribution >= 0.6 is 35.6 Å². The van der Waals surface area contributed by atoms with Gasteiger partial charge in [0.25, 0.3) is 0 Å². The number of rotatable bonds is 3. The van der Waals surface area contributed by atoms with Crippen molar-refractivity contribution in [3.05, 3.63) is 39.6 Å². The zero-order chi connectivity index (χ0) is 11.5. The quantitative estimate of drug-likeness (QED) is 0.832. The third kappa shape index (κ3) is 2.87. The molecule has 1 heterocycles. The second kappa shape index (κ2) is 5.03. The minimum Gasteiger partial charge on any atom is -0.378 e. The second-order valence-electron chi connectivity index (χ2n) is 3.10. The van der Waals surface area contributed by atoms with Crippen molar-refractivity contribution in [1.82, 2.24) is 4.98 Å². The van der Waals surface area contributed by atoms with Crippen molar-refractivity contribution < 1.29 is 4.39 Å². The Bertz CT molecular complexity index is 501. The van der Waals surface area contributed by atoms with Crippen LogP contribution in [0.2, 0.25) is 4.47 Å². The molecule has 84 valence electrons. The van der Waals surface area contributed by atoms with Gasteiger partial charge >= 0.3 is 0 Å². The number of nitrogens with zero attached hydrogens (tertiary/aromatic N) is 1. The van der Waals surface area contributed by atoms with E-state index in [1.165, 1.54) is 17.4 Å². The third-order valence-corrected chi connectivity index (χ3v) is 3.32. The zero-order valence-corrected chi connectivity index (χ0v) is 10.5. The molecule has 0 bridgehead atoms. The van der Waals surface area contributed by atoms with E-state index in [1.54, 1.807) is 18.3 Å². The van der Waals surface area contributed by atoms with Gasteiger partial charge in [-0.25, -0.2) is 9.37 Å². The molecule has 1 aromatic carbocycles. The number of thiol groups is 1. The molecule has 16 heavy (non-hydrogen) atoms. The first-order valence-corrected chi connectivity index (χ1v) is 6.12. The van der Waals surface area contributed by atoms with Crippen LogP contribution in [0, 0.1) is 5.82 Å². The van der Waals surface area contributed by atoms with Gasteiger partial charge in [-0.15, -0.1) is 24.0 Å². The molecule has 2 nitrogen and oxygen atoms in total. The van der Waals surface area contributed by atoms with Gasteiger partial charge in [0, 0.05) is 16.0 Å². The number of thiazole rings is 1. The van der Waals surface area contributed by atoms with E-state index in [0.29, 0.717) is 21.6 Å². The fourth-order valence-electron chi connectivity index (χ4n) is 1.20. The summed E-state index contributed by atoms with van der Waals surface area (Å²) in [6.07, 6.45) is 1.67. The third-order valence-electron chi connectivity index (χ3n) is 1.93. The molecule has 0 fully saturated rings. The fourth-order valence-corrected chi connectivity index (χ4v) is 2.30. The number of hydrogen-bond donors (Lipinski definition) is 2. The van der Waals surface area contributed by atoms with Crippen molar-refractivity contribution in [3.63, 3.8) is 0 Å². The predicted octanol–water partition coefficient (Wildman–Crippen LogP) is 3.84. The largest absolute Gasteiger partial charge is 0.378 e. The Kier molecular flexibility index (Phi) is 3.68. The molecule has 0 spiro atoms. The lowest BCUT2D eigenvalue weighted by molar-refractivity contribution is 0.627. The molecule has 1 N–H and O–H groups in total. The highest BCUT2D eigenvalue weighted by atomic mass is 35.5. The summed E-state index contributed by atoms with van der Waals surface area (Å²) in [5.74, 6) is -0.317. The van der Waals surface area contributed by atoms with Crippen molar-refractivity contribution >= 4 is 41.3 Å². The number of benzene rings is 1. The maximum absolute atomic E-state index is 13.4. The highest BCUT2D eigenvalue weighted by molar-refractivity contribution is 7.80. The van der Waals surface area contributed by atoms with Gasteiger partial charge in [-0.3, -0.25) is 0 Å². The maximum Gasteiger partial charge on any atom is 0.183 e. The van der Waals surface area contributed by atoms with Crippen LogP contribution in [-0.4, -0.2) is 4.98 Å². The topological polar surface area (TPSA) is 24.9 Å². The average Bonchev–Trinajstić information content (AvgIpc) is 2.63. The monoisotopic (exact) mass is 274 g/mol. The van der Waals surface area contributed by atoms with Crippen molar-refractivity contribution in [2.45, 2.75) is 11.4 Å². The predicted molar refractivity (Wildman–Crippen MR) is 68.1 cm³/mol. The smallest absolute Gasteiger partial charge is 0.183 e. The Balaban J connectivity index is 2.04. The number of nitrogens with one attached hydrogen (secondary N) is 1. The molecule has 0 saturated heterocycles. The van der Waals surface area contributed by atoms with E-state index >= 15 is 0 Å². The lowest BCUT2D eigenvalue weighted by atomic mass is 10.3. The summed E-state index contributed by atoms with van der Waals surface area (Å²) in [5.41, 5.74) is 0.447. The van der Waals surface area contributed by atoms with E-state index in [0.717, 1.165) is 4.88 Å². The second-order valence-corrected chi connectivity index (χ2v) is 5.31. The minimum absolute atomic E-state index is 0.317. The van der Waals surface area contributed by atoms with Gasteiger partial charge in [-0.2, -0.15) is 0 Å². The van der Waals surface area contributed by atoms with Crippen LogP contribution < -0.4 is 5.32 Å². The first-order chi connectivity index (χ1) is 7.65. The molecular formula is C10H8ClFN2S2. The van der Waals surface area contributed by atoms with Crippen molar-refractivity contribution in [3.8, 4) is 0 Å². The summed E-state index contributed by atoms with van der Waals surface area (Å²) in [6, 6.07) is 4.75. The van der Waals surface area contributed by atoms with Gasteiger partial charge in [-0.1, -0.05) is 11.6 Å². The zero-order valence-electron chi connectivity index (χ0n) is 8.08. The molecule has 0 amide bonds. The van der Waals surface area contributed by atoms with Crippen molar-refractivity contribution in [2.75, 3.05) is 5.32 Å². The Labute approximate surface area is 107 Å². The van der Waals surface area contributed by atoms with E-state index in [4.69, 9.17) is 11.6 Å². The number of anilines is 1. The fraction of sp³-hybridized carbons (Fsp3) is 0.100. The molecule has 0 atom stereocenters. The molecule has 0 aliphatic heterocycles. The van der Waals surface area contributed by atoms with Gasteiger partial charge in [-0.05, 0) is 18.2 Å². The Morgan fingerprint density at radius 2 is 2.31 bits per heavy atom. The Morgan fingerprint density at radius 3 is 2.94 bits per heavy atom. The summed E-state index contributed by atoms with van der Waals surface area (Å²) in [6.45, 7) is 0.507. The van der Waals surface area contributed by atoms with Crippen LogP contribution in [-0.2, 0) is 6.54 Å². The molecule has 1 aromatic heterocycles. The normalized spacial score (nSPS) is 10.4. The molecule has 0 radical (unpaired) electrons. The maximum atomic E-state index is 13.4. The summed E-state index contributed by atoms with van der Waals surface area (Å²) >= 11 is 11.1. The lowest BCUT2D eigenvalue weighted by Gasteiger charge is -2.05. The highest BCUT2D eigenvalue weighted by Crippen LogP contribution is 2.21. The van der Waals surface area contributed by atoms with Crippen LogP contribution in [0.1, 0.15) is 4.88 Å². The van der Waals surface area contributed by atoms with Gasteiger partial charge in [0.1, 0.15) is 5.82 Å². The van der Waals surface area contributed by atoms with Crippen LogP contribution in [0.3, 0.4) is 0 Å². The summed E-state index contributed by atoms with van der Waals surface area (Å²) in [4.78, 5) is 5.46. The number of hydrogen-bond acceptors (Lipinski definition) is 4. The first-order valence-electron chi connectivity index (χ1n) is 4.48. The van der Waals surface area contributed by atoms with Crippen molar-refractivity contribution in [1.29, 1.82) is 0 Å². The Hall–Kier alpha value is -0.780. The van der Waals surface area contributed by atoms with Crippen LogP contribution in [0.4, 0.5) is 10.1 Å². The van der Waals surface area contributed by atoms with E-state index in [-0.39, 0.29) is 5.82 Å². The SMILES string of the molecule is Fc1cc(S)ccc1NCc1cnc(Cl)s1. The van der Waals surface area contributed by atoms with Gasteiger partial charge in [0.05, 0.1) is 12.2 Å². The molecular weight excluding hydrogens is 267 g/mol. The van der Waals surface area contributed by atoms with Gasteiger partial charge in [0.2, 0.25) is 0 Å². The van der Waals surface area contributed by atoms with Crippen molar-refractivity contribution in [2.24, 2.45) is 0 Å². The standard InChI is InChI=1S/C10H8ClFN2S2/c11-10-14-5-7(16-10)4-13-9-2-1-6(15)3-8(9)12/h1-3,5,13,15H,4H2. The van der Waals surface area contributed by atoms with Crippen LogP contribution in [0.15, 0.2) is 29.3 Å². The number of aromatic nitrogens is 1. The number of halogens is 2. The molecule has 0 unspecified atom stereocenters. The van der Waals surface area contributed by atoms with Gasteiger partial charge in [0.15, 0.2) is 4.47 Å². The molecule has 6 heteroatoms. The minimum atomic E-state index is -0.317. The molecule has 0 aliphatic carbocycles. The van der Waals surface area contributed by atoms with E-state index in [9.17, 15) is 4.39 Å². The molecule has 0 saturated carbocycles.